The molecule has 1 aliphatic heterocycles. The van der Waals surface area contributed by atoms with Crippen LogP contribution in [0.15, 0.2) is 48.5 Å². The molecule has 2 aliphatic carbocycles. The predicted octanol–water partition coefficient (Wildman–Crippen LogP) is 4.44. The zero-order valence-corrected chi connectivity index (χ0v) is 18.8. The van der Waals surface area contributed by atoms with Gasteiger partial charge in [0.05, 0.1) is 12.0 Å². The number of carbonyl (C=O) groups excluding carboxylic acids is 1. The topological polar surface area (TPSA) is 49.8 Å². The zero-order chi connectivity index (χ0) is 21.8. The molecule has 0 aromatic heterocycles. The van der Waals surface area contributed by atoms with Crippen LogP contribution in [0.25, 0.3) is 0 Å². The van der Waals surface area contributed by atoms with Gasteiger partial charge in [-0.2, -0.15) is 0 Å². The van der Waals surface area contributed by atoms with Crippen molar-refractivity contribution in [2.24, 2.45) is 11.8 Å². The van der Waals surface area contributed by atoms with Gasteiger partial charge in [-0.15, -0.1) is 0 Å². The average Bonchev–Trinajstić information content (AvgIpc) is 3.49. The van der Waals surface area contributed by atoms with Crippen LogP contribution >= 0.6 is 0 Å². The summed E-state index contributed by atoms with van der Waals surface area (Å²) in [6.45, 7) is 9.01. The summed E-state index contributed by atoms with van der Waals surface area (Å²) in [5.74, 6) is 1.11. The first-order valence-electron chi connectivity index (χ1n) is 11.7. The molecule has 1 saturated carbocycles. The van der Waals surface area contributed by atoms with Gasteiger partial charge in [-0.25, -0.2) is 0 Å². The van der Waals surface area contributed by atoms with Gasteiger partial charge < -0.3 is 9.84 Å². The second-order valence-corrected chi connectivity index (χ2v) is 10.0. The van der Waals surface area contributed by atoms with Crippen molar-refractivity contribution in [1.82, 2.24) is 4.90 Å². The number of rotatable bonds is 5. The number of phenolic OH excluding ortho intramolecular Hbond substituents is 1. The number of nitrogens with zero attached hydrogens (tertiary/aromatic N) is 1. The van der Waals surface area contributed by atoms with E-state index < -0.39 is 5.41 Å². The summed E-state index contributed by atoms with van der Waals surface area (Å²) in [7, 11) is 0. The fourth-order valence-electron chi connectivity index (χ4n) is 6.47. The fourth-order valence-corrected chi connectivity index (χ4v) is 6.47. The maximum absolute atomic E-state index is 13.0. The van der Waals surface area contributed by atoms with Gasteiger partial charge in [-0.3, -0.25) is 9.69 Å². The van der Waals surface area contributed by atoms with E-state index >= 15 is 0 Å². The second kappa shape index (κ2) is 7.37. The molecule has 5 atom stereocenters. The molecule has 2 aromatic carbocycles. The Hall–Kier alpha value is -2.33. The monoisotopic (exact) mass is 419 g/mol. The minimum Gasteiger partial charge on any atom is -0.508 e. The highest BCUT2D eigenvalue weighted by Crippen LogP contribution is 2.57. The molecule has 0 radical (unpaired) electrons. The lowest BCUT2D eigenvalue weighted by Crippen LogP contribution is -2.58. The lowest BCUT2D eigenvalue weighted by Gasteiger charge is -2.55. The molecular formula is C27H33NO3. The van der Waals surface area contributed by atoms with Gasteiger partial charge in [-0.05, 0) is 78.8 Å². The Morgan fingerprint density at radius 1 is 1.23 bits per heavy atom. The largest absolute Gasteiger partial charge is 0.508 e. The van der Waals surface area contributed by atoms with Crippen LogP contribution in [0, 0.1) is 11.8 Å². The molecule has 0 amide bonds. The van der Waals surface area contributed by atoms with Crippen LogP contribution in [0.4, 0.5) is 0 Å². The molecule has 164 valence electrons. The molecule has 1 N–H and O–H groups in total. The van der Waals surface area contributed by atoms with Crippen LogP contribution in [0.2, 0.25) is 0 Å². The highest BCUT2D eigenvalue weighted by atomic mass is 16.5. The van der Waals surface area contributed by atoms with E-state index in [-0.39, 0.29) is 11.4 Å². The summed E-state index contributed by atoms with van der Waals surface area (Å²) in [5.41, 5.74) is 3.39. The summed E-state index contributed by atoms with van der Waals surface area (Å²) >= 11 is 0. The molecule has 2 bridgehead atoms. The van der Waals surface area contributed by atoms with Gasteiger partial charge in [0.1, 0.15) is 5.75 Å². The second-order valence-electron chi connectivity index (χ2n) is 10.0. The van der Waals surface area contributed by atoms with E-state index in [1.165, 1.54) is 11.1 Å². The molecule has 2 aromatic rings. The molecular weight excluding hydrogens is 386 g/mol. The Bertz CT molecular complexity index is 989. The van der Waals surface area contributed by atoms with Crippen molar-refractivity contribution >= 4 is 5.97 Å². The highest BCUT2D eigenvalue weighted by molar-refractivity contribution is 5.87. The van der Waals surface area contributed by atoms with Crippen molar-refractivity contribution in [3.63, 3.8) is 0 Å². The Labute approximate surface area is 185 Å². The van der Waals surface area contributed by atoms with Gasteiger partial charge in [0.15, 0.2) is 0 Å². The number of piperidine rings is 1. The third-order valence-corrected chi connectivity index (χ3v) is 8.60. The van der Waals surface area contributed by atoms with Crippen molar-refractivity contribution in [1.29, 1.82) is 0 Å². The molecule has 31 heavy (non-hydrogen) atoms. The fraction of sp³-hybridized carbons (Fsp3) is 0.519. The van der Waals surface area contributed by atoms with E-state index in [0.717, 1.165) is 37.9 Å². The van der Waals surface area contributed by atoms with E-state index in [1.807, 2.05) is 37.3 Å². The number of esters is 1. The van der Waals surface area contributed by atoms with Crippen molar-refractivity contribution in [2.75, 3.05) is 19.7 Å². The minimum atomic E-state index is -0.486. The first kappa shape index (κ1) is 20.6. The summed E-state index contributed by atoms with van der Waals surface area (Å²) in [5, 5.41) is 10.1. The van der Waals surface area contributed by atoms with E-state index in [1.54, 1.807) is 0 Å². The third-order valence-electron chi connectivity index (χ3n) is 8.60. The molecule has 4 heteroatoms. The van der Waals surface area contributed by atoms with E-state index in [0.29, 0.717) is 30.2 Å². The number of fused-ring (bicyclic) bond motifs is 4. The van der Waals surface area contributed by atoms with Crippen LogP contribution < -0.4 is 0 Å². The summed E-state index contributed by atoms with van der Waals surface area (Å²) in [6, 6.07) is 16.6. The maximum Gasteiger partial charge on any atom is 0.316 e. The average molecular weight is 420 g/mol. The SMILES string of the molecule is CCOC(=O)[C@]1(c2ccccc2)CC1CN1CC[C@@]2(C)c3cc(O)ccc3C[C@@H]1[C@@H]2C. The van der Waals surface area contributed by atoms with Crippen molar-refractivity contribution in [2.45, 2.75) is 56.9 Å². The number of hydrogen-bond acceptors (Lipinski definition) is 4. The first-order chi connectivity index (χ1) is 14.9. The van der Waals surface area contributed by atoms with Gasteiger partial charge in [-0.1, -0.05) is 50.2 Å². The Morgan fingerprint density at radius 3 is 2.74 bits per heavy atom. The molecule has 5 rings (SSSR count). The Balaban J connectivity index is 1.40. The molecule has 0 spiro atoms. The number of benzene rings is 2. The van der Waals surface area contributed by atoms with Crippen molar-refractivity contribution in [3.8, 4) is 5.75 Å². The number of ether oxygens (including phenoxy) is 1. The standard InChI is InChI=1S/C27H33NO3/c1-4-31-25(30)27(20-8-6-5-7-9-20)16-21(27)17-28-13-12-26(3)18(2)24(28)14-19-10-11-22(29)15-23(19)26/h5-11,15,18,21,24,29H,4,12-14,16-17H2,1-3H3/t18-,21?,24+,26+,27-/m0/s1. The summed E-state index contributed by atoms with van der Waals surface area (Å²) in [6.07, 6.45) is 2.96. The van der Waals surface area contributed by atoms with Gasteiger partial charge in [0.2, 0.25) is 0 Å². The van der Waals surface area contributed by atoms with Crippen molar-refractivity contribution < 1.29 is 14.6 Å². The van der Waals surface area contributed by atoms with Gasteiger partial charge in [0, 0.05) is 12.6 Å². The summed E-state index contributed by atoms with van der Waals surface area (Å²) in [4.78, 5) is 15.7. The van der Waals surface area contributed by atoms with E-state index in [9.17, 15) is 9.90 Å². The molecule has 1 heterocycles. The van der Waals surface area contributed by atoms with E-state index in [4.69, 9.17) is 4.74 Å². The van der Waals surface area contributed by atoms with Crippen molar-refractivity contribution in [3.05, 3.63) is 65.2 Å². The number of aromatic hydroxyl groups is 1. The Morgan fingerprint density at radius 2 is 2.00 bits per heavy atom. The third kappa shape index (κ3) is 3.10. The molecule has 1 saturated heterocycles. The minimum absolute atomic E-state index is 0.0643. The molecule has 3 aliphatic rings. The molecule has 4 nitrogen and oxygen atoms in total. The smallest absolute Gasteiger partial charge is 0.316 e. The highest BCUT2D eigenvalue weighted by Gasteiger charge is 2.63. The van der Waals surface area contributed by atoms with Crippen LogP contribution in [0.5, 0.6) is 5.75 Å². The number of likely N-dealkylation sites (tertiary alicyclic amines) is 1. The quantitative estimate of drug-likeness (QED) is 0.728. The number of phenols is 1. The maximum atomic E-state index is 13.0. The van der Waals surface area contributed by atoms with Crippen LogP contribution in [-0.4, -0.2) is 41.7 Å². The van der Waals surface area contributed by atoms with E-state index in [2.05, 4.69) is 36.9 Å². The normalized spacial score (nSPS) is 34.1. The summed E-state index contributed by atoms with van der Waals surface area (Å²) < 4.78 is 5.54. The van der Waals surface area contributed by atoms with Crippen LogP contribution in [0.3, 0.4) is 0 Å². The number of hydrogen-bond donors (Lipinski definition) is 1. The lowest BCUT2D eigenvalue weighted by molar-refractivity contribution is -0.146. The lowest BCUT2D eigenvalue weighted by atomic mass is 9.59. The zero-order valence-electron chi connectivity index (χ0n) is 18.8. The molecule has 2 fully saturated rings. The van der Waals surface area contributed by atoms with Crippen LogP contribution in [-0.2, 0) is 26.8 Å². The van der Waals surface area contributed by atoms with Gasteiger partial charge in [0.25, 0.3) is 0 Å². The first-order valence-corrected chi connectivity index (χ1v) is 11.7. The predicted molar refractivity (Wildman–Crippen MR) is 121 cm³/mol. The Kier molecular flexibility index (Phi) is 4.89. The molecule has 1 unspecified atom stereocenters. The van der Waals surface area contributed by atoms with Gasteiger partial charge >= 0.3 is 5.97 Å². The van der Waals surface area contributed by atoms with Crippen LogP contribution in [0.1, 0.15) is 50.3 Å². The number of carbonyl (C=O) groups is 1.